The van der Waals surface area contributed by atoms with E-state index in [0.29, 0.717) is 0 Å². The Morgan fingerprint density at radius 2 is 0.681 bits per heavy atom. The predicted molar refractivity (Wildman–Crippen MR) is 291 cm³/mol. The minimum Gasteiger partial charge on any atom is -0.309 e. The normalized spacial score (nSPS) is 11.8. The molecule has 0 aliphatic rings. The fourth-order valence-corrected chi connectivity index (χ4v) is 10.7. The first-order chi connectivity index (χ1) is 34.2. The first kappa shape index (κ1) is 39.0. The van der Waals surface area contributed by atoms with Crippen LogP contribution in [0, 0.1) is 0 Å². The molecule has 0 spiro atoms. The van der Waals surface area contributed by atoms with Crippen LogP contribution >= 0.6 is 0 Å². The largest absolute Gasteiger partial charge is 0.309 e. The highest BCUT2D eigenvalue weighted by molar-refractivity contribution is 6.23. The third-order valence-electron chi connectivity index (χ3n) is 14.2. The molecule has 69 heavy (non-hydrogen) atoms. The van der Waals surface area contributed by atoms with E-state index < -0.39 is 0 Å². The van der Waals surface area contributed by atoms with E-state index in [2.05, 4.69) is 247 Å². The van der Waals surface area contributed by atoms with Gasteiger partial charge in [0.2, 0.25) is 0 Å². The molecule has 3 heteroatoms. The van der Waals surface area contributed by atoms with Crippen LogP contribution in [-0.4, -0.2) is 14.5 Å². The van der Waals surface area contributed by atoms with E-state index in [0.717, 1.165) is 49.9 Å². The first-order valence-electron chi connectivity index (χ1n) is 23.6. The molecule has 0 fully saturated rings. The summed E-state index contributed by atoms with van der Waals surface area (Å²) in [6.07, 6.45) is 1.92. The Morgan fingerprint density at radius 1 is 0.261 bits per heavy atom. The van der Waals surface area contributed by atoms with Gasteiger partial charge in [-0.15, -0.1) is 0 Å². The molecule has 0 saturated heterocycles. The van der Waals surface area contributed by atoms with Gasteiger partial charge in [-0.05, 0) is 131 Å². The average Bonchev–Trinajstić information content (AvgIpc) is 3.76. The molecule has 0 atom stereocenters. The molecule has 0 amide bonds. The van der Waals surface area contributed by atoms with Crippen LogP contribution in [0.15, 0.2) is 249 Å². The van der Waals surface area contributed by atoms with E-state index in [-0.39, 0.29) is 0 Å². The molecule has 0 aliphatic heterocycles. The zero-order chi connectivity index (χ0) is 45.4. The highest BCUT2D eigenvalue weighted by Gasteiger charge is 2.17. The zero-order valence-corrected chi connectivity index (χ0v) is 37.5. The third kappa shape index (κ3) is 6.58. The molecule has 0 N–H and O–H groups in total. The van der Waals surface area contributed by atoms with E-state index in [9.17, 15) is 0 Å². The van der Waals surface area contributed by atoms with Crippen molar-refractivity contribution in [3.05, 3.63) is 249 Å². The predicted octanol–water partition coefficient (Wildman–Crippen LogP) is 17.7. The average molecular weight is 876 g/mol. The maximum atomic E-state index is 5.26. The van der Waals surface area contributed by atoms with Crippen LogP contribution in [0.4, 0.5) is 0 Å². The summed E-state index contributed by atoms with van der Waals surface area (Å²) in [6, 6.07) is 88.2. The third-order valence-corrected chi connectivity index (χ3v) is 14.2. The van der Waals surface area contributed by atoms with Crippen molar-refractivity contribution in [2.45, 2.75) is 0 Å². The van der Waals surface area contributed by atoms with E-state index in [1.807, 2.05) is 6.20 Å². The lowest BCUT2D eigenvalue weighted by Crippen LogP contribution is -1.94. The van der Waals surface area contributed by atoms with Crippen molar-refractivity contribution < 1.29 is 0 Å². The van der Waals surface area contributed by atoms with Gasteiger partial charge in [-0.3, -0.25) is 4.98 Å². The number of rotatable bonds is 6. The summed E-state index contributed by atoms with van der Waals surface area (Å²) in [7, 11) is 0. The molecule has 0 radical (unpaired) electrons. The lowest BCUT2D eigenvalue weighted by atomic mass is 9.98. The van der Waals surface area contributed by atoms with Crippen molar-refractivity contribution in [3.63, 3.8) is 0 Å². The van der Waals surface area contributed by atoms with E-state index in [4.69, 9.17) is 9.97 Å². The molecular formula is C66H41N3. The molecule has 3 nitrogen and oxygen atoms in total. The molecule has 2 aromatic heterocycles. The van der Waals surface area contributed by atoms with E-state index in [1.54, 1.807) is 0 Å². The quantitative estimate of drug-likeness (QED) is 0.156. The van der Waals surface area contributed by atoms with Crippen molar-refractivity contribution >= 4 is 75.9 Å². The minimum absolute atomic E-state index is 0.862. The van der Waals surface area contributed by atoms with Gasteiger partial charge in [-0.2, -0.15) is 0 Å². The molecule has 2 heterocycles. The lowest BCUT2D eigenvalue weighted by molar-refractivity contribution is 1.18. The second-order valence-electron chi connectivity index (χ2n) is 18.2. The Balaban J connectivity index is 0.804. The van der Waals surface area contributed by atoms with E-state index in [1.165, 1.54) is 87.5 Å². The topological polar surface area (TPSA) is 30.7 Å². The van der Waals surface area contributed by atoms with Gasteiger partial charge in [0, 0.05) is 32.8 Å². The van der Waals surface area contributed by atoms with Crippen LogP contribution in [0.25, 0.3) is 137 Å². The molecule has 0 bridgehead atoms. The van der Waals surface area contributed by atoms with Crippen molar-refractivity contribution in [2.24, 2.45) is 0 Å². The smallest absolute Gasteiger partial charge is 0.0979 e. The summed E-state index contributed by atoms with van der Waals surface area (Å²) in [5, 5.41) is 12.1. The van der Waals surface area contributed by atoms with Crippen LogP contribution in [0.1, 0.15) is 0 Å². The fraction of sp³-hybridized carbons (Fsp3) is 0. The Kier molecular flexibility index (Phi) is 8.90. The summed E-state index contributed by atoms with van der Waals surface area (Å²) in [4.78, 5) is 10.3. The van der Waals surface area contributed by atoms with Crippen LogP contribution in [-0.2, 0) is 0 Å². The number of hydrogen-bond acceptors (Lipinski definition) is 2. The number of aromatic nitrogens is 3. The summed E-state index contributed by atoms with van der Waals surface area (Å²) in [5.41, 5.74) is 16.7. The molecule has 14 aromatic rings. The number of hydrogen-bond donors (Lipinski definition) is 0. The van der Waals surface area contributed by atoms with Gasteiger partial charge in [-0.1, -0.05) is 188 Å². The van der Waals surface area contributed by atoms with Crippen molar-refractivity contribution in [2.75, 3.05) is 0 Å². The molecule has 0 saturated carbocycles. The highest BCUT2D eigenvalue weighted by atomic mass is 15.0. The second-order valence-corrected chi connectivity index (χ2v) is 18.2. The van der Waals surface area contributed by atoms with Gasteiger partial charge in [0.1, 0.15) is 0 Å². The van der Waals surface area contributed by atoms with Crippen LogP contribution < -0.4 is 0 Å². The minimum atomic E-state index is 0.862. The Labute approximate surface area is 398 Å². The maximum Gasteiger partial charge on any atom is 0.0979 e. The van der Waals surface area contributed by atoms with Crippen molar-refractivity contribution in [1.82, 2.24) is 14.5 Å². The lowest BCUT2D eigenvalue weighted by Gasteiger charge is -2.12. The maximum absolute atomic E-state index is 5.26. The molecular weight excluding hydrogens is 835 g/mol. The van der Waals surface area contributed by atoms with Crippen LogP contribution in [0.5, 0.6) is 0 Å². The summed E-state index contributed by atoms with van der Waals surface area (Å²) < 4.78 is 2.42. The fourth-order valence-electron chi connectivity index (χ4n) is 10.7. The zero-order valence-electron chi connectivity index (χ0n) is 37.5. The van der Waals surface area contributed by atoms with Gasteiger partial charge in [-0.25, -0.2) is 4.98 Å². The Morgan fingerprint density at radius 3 is 1.26 bits per heavy atom. The Bertz CT molecular complexity index is 4180. The van der Waals surface area contributed by atoms with Gasteiger partial charge in [0.25, 0.3) is 0 Å². The van der Waals surface area contributed by atoms with Crippen molar-refractivity contribution in [3.8, 4) is 61.5 Å². The highest BCUT2D eigenvalue weighted by Crippen LogP contribution is 2.40. The van der Waals surface area contributed by atoms with Gasteiger partial charge in [0.15, 0.2) is 0 Å². The standard InChI is InChI=1S/C66H41N3/c1-3-12-47-36-50(26-24-42(47)10-1)52-30-34-63-60(39-52)61-40-53(51-27-25-43-11-2-4-13-48(43)37-51)31-35-64(61)69(63)55-32-28-45(29-33-55)44-20-22-46(23-21-44)49-14-9-15-54(38-49)62-41-67-65-58-18-7-5-16-56(58)57-17-6-8-19-59(57)66(65)68-62/h1-41H. The molecule has 12 aromatic carbocycles. The SMILES string of the molecule is c1cc(-c2ccc(-c3ccc(-n4c5ccc(-c6ccc7ccccc7c6)cc5c5cc(-c6ccc7ccccc7c6)ccc54)cc3)cc2)cc(-c2cnc3c4ccccc4c4ccccc4c3n2)c1. The van der Waals surface area contributed by atoms with Gasteiger partial charge < -0.3 is 4.57 Å². The molecule has 0 aliphatic carbocycles. The van der Waals surface area contributed by atoms with Crippen LogP contribution in [0.2, 0.25) is 0 Å². The second kappa shape index (κ2) is 15.7. The summed E-state index contributed by atoms with van der Waals surface area (Å²) in [5.74, 6) is 0. The van der Waals surface area contributed by atoms with Crippen LogP contribution in [0.3, 0.4) is 0 Å². The molecule has 0 unspecified atom stereocenters. The number of nitrogens with zero attached hydrogens (tertiary/aromatic N) is 3. The number of benzene rings is 12. The summed E-state index contributed by atoms with van der Waals surface area (Å²) >= 11 is 0. The summed E-state index contributed by atoms with van der Waals surface area (Å²) in [6.45, 7) is 0. The molecule has 320 valence electrons. The van der Waals surface area contributed by atoms with Gasteiger partial charge in [0.05, 0.1) is 34.0 Å². The van der Waals surface area contributed by atoms with Crippen molar-refractivity contribution in [1.29, 1.82) is 0 Å². The van der Waals surface area contributed by atoms with E-state index >= 15 is 0 Å². The Hall–Kier alpha value is -9.18. The first-order valence-corrected chi connectivity index (χ1v) is 23.6. The number of fused-ring (bicyclic) bond motifs is 11. The van der Waals surface area contributed by atoms with Gasteiger partial charge >= 0.3 is 0 Å². The molecule has 14 rings (SSSR count). The monoisotopic (exact) mass is 875 g/mol.